The van der Waals surface area contributed by atoms with Crippen LogP contribution in [0.15, 0.2) is 66.7 Å². The molecule has 2 aliphatic heterocycles. The number of hydrogen-bond donors (Lipinski definition) is 1. The maximum Gasteiger partial charge on any atom is 0.257 e. The standard InChI is InChI=1S/C42H45FN6O6/c1-53-36-22-35-33(39(54-2)40(36)55-3)21-31-26-49(42(52)32-15-13-29(23-44)20-34(32)43)18-8-7-17-47(38(51)16-14-28-10-5-4-6-11-28)27-37(50)45-24-30-12-9-19-48(25-30)41(31)46-35/h4-6,10-11,13-16,20-22,30H,7-9,12,17-19,24-27H2,1-3H3,(H,45,50). The van der Waals surface area contributed by atoms with Crippen LogP contribution in [-0.4, -0.2) is 93.1 Å². The zero-order valence-corrected chi connectivity index (χ0v) is 31.3. The highest BCUT2D eigenvalue weighted by molar-refractivity contribution is 5.96. The minimum atomic E-state index is -0.793. The van der Waals surface area contributed by atoms with Crippen LogP contribution in [0, 0.1) is 23.1 Å². The van der Waals surface area contributed by atoms with E-state index in [0.717, 1.165) is 24.5 Å². The number of ether oxygens (including phenoxy) is 3. The number of amides is 3. The van der Waals surface area contributed by atoms with E-state index >= 15 is 4.39 Å². The third kappa shape index (κ3) is 8.97. The van der Waals surface area contributed by atoms with Gasteiger partial charge in [-0.1, -0.05) is 30.3 Å². The summed E-state index contributed by atoms with van der Waals surface area (Å²) in [5.41, 5.74) is 2.11. The van der Waals surface area contributed by atoms with Gasteiger partial charge >= 0.3 is 0 Å². The third-order valence-electron chi connectivity index (χ3n) is 10.0. The van der Waals surface area contributed by atoms with Gasteiger partial charge in [-0.05, 0) is 67.5 Å². The van der Waals surface area contributed by atoms with Crippen LogP contribution in [0.1, 0.15) is 52.7 Å². The second-order valence-corrected chi connectivity index (χ2v) is 13.7. The van der Waals surface area contributed by atoms with Crippen molar-refractivity contribution in [1.29, 1.82) is 5.26 Å². The smallest absolute Gasteiger partial charge is 0.257 e. The molecule has 6 rings (SSSR count). The van der Waals surface area contributed by atoms with Gasteiger partial charge in [0.05, 0.1) is 50.6 Å². The molecule has 4 aromatic rings. The molecule has 1 aromatic heterocycles. The molecule has 1 N–H and O–H groups in total. The molecule has 2 aliphatic rings. The number of carbonyl (C=O) groups excluding carboxylic acids is 3. The van der Waals surface area contributed by atoms with Gasteiger partial charge in [-0.3, -0.25) is 14.4 Å². The second kappa shape index (κ2) is 17.8. The van der Waals surface area contributed by atoms with Crippen molar-refractivity contribution in [2.45, 2.75) is 32.2 Å². The highest BCUT2D eigenvalue weighted by atomic mass is 19.1. The largest absolute Gasteiger partial charge is 0.493 e. The molecule has 0 radical (unpaired) electrons. The molecule has 13 heteroatoms. The van der Waals surface area contributed by atoms with Gasteiger partial charge in [0.25, 0.3) is 5.91 Å². The van der Waals surface area contributed by atoms with Crippen molar-refractivity contribution >= 4 is 40.5 Å². The molecule has 1 unspecified atom stereocenters. The second-order valence-electron chi connectivity index (χ2n) is 13.7. The summed E-state index contributed by atoms with van der Waals surface area (Å²) in [6.45, 7) is 2.12. The van der Waals surface area contributed by atoms with E-state index in [0.29, 0.717) is 72.0 Å². The Kier molecular flexibility index (Phi) is 12.5. The molecule has 2 bridgehead atoms. The molecule has 1 fully saturated rings. The maximum atomic E-state index is 15.4. The Morgan fingerprint density at radius 1 is 0.927 bits per heavy atom. The number of methoxy groups -OCH3 is 3. The molecule has 3 heterocycles. The van der Waals surface area contributed by atoms with E-state index in [2.05, 4.69) is 10.2 Å². The number of carbonyl (C=O) groups is 3. The molecular formula is C42H45FN6O6. The van der Waals surface area contributed by atoms with Gasteiger partial charge < -0.3 is 34.2 Å². The van der Waals surface area contributed by atoms with Crippen molar-refractivity contribution in [2.75, 3.05) is 65.5 Å². The molecule has 3 amide bonds. The van der Waals surface area contributed by atoms with Crippen molar-refractivity contribution in [3.05, 3.63) is 94.8 Å². The molecule has 0 spiro atoms. The summed E-state index contributed by atoms with van der Waals surface area (Å²) in [6, 6.07) is 18.9. The lowest BCUT2D eigenvalue weighted by atomic mass is 9.97. The summed E-state index contributed by atoms with van der Waals surface area (Å²) in [5.74, 6) is 0.103. The fourth-order valence-corrected chi connectivity index (χ4v) is 7.22. The minimum Gasteiger partial charge on any atom is -0.493 e. The quantitative estimate of drug-likeness (QED) is 0.251. The van der Waals surface area contributed by atoms with Crippen LogP contribution in [0.3, 0.4) is 0 Å². The predicted octanol–water partition coefficient (Wildman–Crippen LogP) is 5.58. The van der Waals surface area contributed by atoms with Crippen molar-refractivity contribution < 1.29 is 33.0 Å². The topological polar surface area (TPSA) is 137 Å². The number of rotatable bonds is 6. The first-order chi connectivity index (χ1) is 26.7. The first-order valence-electron chi connectivity index (χ1n) is 18.4. The van der Waals surface area contributed by atoms with Gasteiger partial charge in [-0.25, -0.2) is 9.37 Å². The van der Waals surface area contributed by atoms with Crippen molar-refractivity contribution in [3.8, 4) is 23.3 Å². The number of benzene rings is 3. The fourth-order valence-electron chi connectivity index (χ4n) is 7.22. The number of fused-ring (bicyclic) bond motifs is 5. The van der Waals surface area contributed by atoms with E-state index < -0.39 is 11.7 Å². The van der Waals surface area contributed by atoms with Crippen LogP contribution in [0.2, 0.25) is 0 Å². The predicted molar refractivity (Wildman–Crippen MR) is 206 cm³/mol. The zero-order chi connectivity index (χ0) is 38.9. The molecule has 1 atom stereocenters. The number of nitrogens with zero attached hydrogens (tertiary/aromatic N) is 5. The van der Waals surface area contributed by atoms with E-state index in [1.807, 2.05) is 42.5 Å². The van der Waals surface area contributed by atoms with Gasteiger partial charge in [-0.2, -0.15) is 5.26 Å². The minimum absolute atomic E-state index is 0.0778. The Labute approximate surface area is 320 Å². The molecule has 286 valence electrons. The van der Waals surface area contributed by atoms with Crippen LogP contribution < -0.4 is 24.4 Å². The summed E-state index contributed by atoms with van der Waals surface area (Å²) in [7, 11) is 4.60. The number of piperidine rings is 1. The number of anilines is 1. The first kappa shape index (κ1) is 38.6. The van der Waals surface area contributed by atoms with E-state index in [1.165, 1.54) is 37.3 Å². The molecule has 3 aromatic carbocycles. The van der Waals surface area contributed by atoms with Gasteiger partial charge in [0.15, 0.2) is 11.5 Å². The molecule has 1 saturated heterocycles. The molecule has 55 heavy (non-hydrogen) atoms. The van der Waals surface area contributed by atoms with Crippen molar-refractivity contribution in [2.24, 2.45) is 5.92 Å². The lowest BCUT2D eigenvalue weighted by Crippen LogP contribution is -2.45. The van der Waals surface area contributed by atoms with Gasteiger partial charge in [0.1, 0.15) is 11.6 Å². The van der Waals surface area contributed by atoms with Crippen LogP contribution in [0.4, 0.5) is 10.2 Å². The Morgan fingerprint density at radius 2 is 1.69 bits per heavy atom. The Bertz CT molecular complexity index is 2120. The average Bonchev–Trinajstić information content (AvgIpc) is 3.21. The summed E-state index contributed by atoms with van der Waals surface area (Å²) in [5, 5.41) is 13.0. The van der Waals surface area contributed by atoms with Crippen molar-refractivity contribution in [3.63, 3.8) is 0 Å². The summed E-state index contributed by atoms with van der Waals surface area (Å²) in [4.78, 5) is 51.4. The number of nitrogens with one attached hydrogen (secondary N) is 1. The average molecular weight is 749 g/mol. The van der Waals surface area contributed by atoms with Gasteiger partial charge in [0.2, 0.25) is 17.6 Å². The fraction of sp³-hybridized carbons (Fsp3) is 0.357. The summed E-state index contributed by atoms with van der Waals surface area (Å²) in [6.07, 6.45) is 5.80. The lowest BCUT2D eigenvalue weighted by molar-refractivity contribution is -0.132. The summed E-state index contributed by atoms with van der Waals surface area (Å²) >= 11 is 0. The normalized spacial score (nSPS) is 17.0. The number of aromatic nitrogens is 1. The lowest BCUT2D eigenvalue weighted by Gasteiger charge is -2.36. The Morgan fingerprint density at radius 3 is 2.40 bits per heavy atom. The molecular weight excluding hydrogens is 703 g/mol. The highest BCUT2D eigenvalue weighted by Gasteiger charge is 2.29. The Hall–Kier alpha value is -6.16. The number of pyridine rings is 1. The number of hydrogen-bond acceptors (Lipinski definition) is 9. The van der Waals surface area contributed by atoms with Crippen LogP contribution in [0.25, 0.3) is 17.0 Å². The van der Waals surface area contributed by atoms with Crippen LogP contribution in [0.5, 0.6) is 17.2 Å². The molecule has 12 nitrogen and oxygen atoms in total. The van der Waals surface area contributed by atoms with Gasteiger partial charge in [0, 0.05) is 62.4 Å². The maximum absolute atomic E-state index is 15.4. The van der Waals surface area contributed by atoms with Crippen molar-refractivity contribution in [1.82, 2.24) is 20.1 Å². The van der Waals surface area contributed by atoms with E-state index in [-0.39, 0.29) is 55.0 Å². The SMILES string of the molecule is COc1cc2nc3c(cc2c(OC)c1OC)CN(C(=O)c1ccc(C#N)cc1F)CCCCN(C(=O)C=Cc1ccccc1)CC(=O)NCC1CCCN3C1. The van der Waals surface area contributed by atoms with E-state index in [9.17, 15) is 19.6 Å². The van der Waals surface area contributed by atoms with Crippen LogP contribution in [-0.2, 0) is 16.1 Å². The Balaban J connectivity index is 1.40. The summed E-state index contributed by atoms with van der Waals surface area (Å²) < 4.78 is 32.5. The highest BCUT2D eigenvalue weighted by Crippen LogP contribution is 2.44. The molecule has 0 aliphatic carbocycles. The van der Waals surface area contributed by atoms with Gasteiger partial charge in [-0.15, -0.1) is 0 Å². The number of nitriles is 1. The van der Waals surface area contributed by atoms with Crippen LogP contribution >= 0.6 is 0 Å². The molecule has 0 saturated carbocycles. The zero-order valence-electron chi connectivity index (χ0n) is 31.3. The van der Waals surface area contributed by atoms with E-state index in [4.69, 9.17) is 19.2 Å². The monoisotopic (exact) mass is 748 g/mol. The first-order valence-corrected chi connectivity index (χ1v) is 18.4. The third-order valence-corrected chi connectivity index (χ3v) is 10.0. The number of halogens is 1. The van der Waals surface area contributed by atoms with E-state index in [1.54, 1.807) is 24.2 Å².